The van der Waals surface area contributed by atoms with Crippen LogP contribution >= 0.6 is 0 Å². The van der Waals surface area contributed by atoms with Gasteiger partial charge in [-0.15, -0.1) is 0 Å². The van der Waals surface area contributed by atoms with Crippen LogP contribution in [0.3, 0.4) is 0 Å². The van der Waals surface area contributed by atoms with Crippen molar-refractivity contribution in [2.24, 2.45) is 0 Å². The molecule has 0 radical (unpaired) electrons. The lowest BCUT2D eigenvalue weighted by Crippen LogP contribution is -2.31. The molecule has 1 nitrogen and oxygen atoms in total. The predicted octanol–water partition coefficient (Wildman–Crippen LogP) is 3.47. The largest absolute Gasteiger partial charge is 0.434 e. The van der Waals surface area contributed by atoms with E-state index >= 15 is 0 Å². The van der Waals surface area contributed by atoms with Gasteiger partial charge < -0.3 is 4.65 Å². The van der Waals surface area contributed by atoms with Gasteiger partial charge in [0.2, 0.25) is 0 Å². The Kier molecular flexibility index (Phi) is 2.79. The highest BCUT2D eigenvalue weighted by Gasteiger charge is 2.37. The molecule has 0 fully saturated rings. The van der Waals surface area contributed by atoms with Crippen LogP contribution in [0.1, 0.15) is 25.0 Å². The van der Waals surface area contributed by atoms with Crippen LogP contribution in [0, 0.1) is 0 Å². The average molecular weight is 250 g/mol. The van der Waals surface area contributed by atoms with Gasteiger partial charge in [-0.2, -0.15) is 0 Å². The lowest BCUT2D eigenvalue weighted by molar-refractivity contribution is 0.435. The van der Waals surface area contributed by atoms with Gasteiger partial charge in [0.15, 0.2) is 0 Å². The smallest absolute Gasteiger partial charge is 0.323 e. The molecule has 0 N–H and O–H groups in total. The maximum Gasteiger partial charge on any atom is 0.323 e. The molecule has 0 saturated heterocycles. The van der Waals surface area contributed by atoms with Crippen molar-refractivity contribution in [3.63, 3.8) is 0 Å². The molecule has 2 aromatic rings. The zero-order chi connectivity index (χ0) is 13.6. The molecule has 0 saturated carbocycles. The third-order valence-corrected chi connectivity index (χ3v) is 4.43. The van der Waals surface area contributed by atoms with Crippen molar-refractivity contribution in [3.05, 3.63) is 53.6 Å². The first kappa shape index (κ1) is 12.5. The van der Waals surface area contributed by atoms with E-state index in [2.05, 4.69) is 63.1 Å². The summed E-state index contributed by atoms with van der Waals surface area (Å²) in [5.41, 5.74) is 6.93. The number of hydrogen-bond donors (Lipinski definition) is 0. The van der Waals surface area contributed by atoms with Crippen molar-refractivity contribution < 1.29 is 4.65 Å². The zero-order valence-electron chi connectivity index (χ0n) is 12.0. The Morgan fingerprint density at radius 2 is 1.63 bits per heavy atom. The van der Waals surface area contributed by atoms with Gasteiger partial charge in [-0.25, -0.2) is 0 Å². The standard InChI is InChI=1S/C17H19BO/c1-17(2)13-9-6-5-8-12(13)16-14(17)10-7-11-15(16)18(3)19-4/h5-11H,1-4H3. The Balaban J connectivity index is 2.34. The minimum absolute atomic E-state index is 0.0788. The fourth-order valence-corrected chi connectivity index (χ4v) is 3.25. The maximum absolute atomic E-state index is 5.54. The summed E-state index contributed by atoms with van der Waals surface area (Å²) in [7, 11) is 1.77. The molecule has 1 aliphatic rings. The molecule has 2 aromatic carbocycles. The van der Waals surface area contributed by atoms with Gasteiger partial charge in [0, 0.05) is 12.5 Å². The predicted molar refractivity (Wildman–Crippen MR) is 82.3 cm³/mol. The van der Waals surface area contributed by atoms with Crippen molar-refractivity contribution in [1.29, 1.82) is 0 Å². The first-order valence-corrected chi connectivity index (χ1v) is 6.83. The summed E-state index contributed by atoms with van der Waals surface area (Å²) < 4.78 is 5.54. The van der Waals surface area contributed by atoms with Crippen molar-refractivity contribution in [2.75, 3.05) is 7.11 Å². The van der Waals surface area contributed by atoms with Crippen molar-refractivity contribution in [1.82, 2.24) is 0 Å². The first-order valence-electron chi connectivity index (χ1n) is 6.83. The van der Waals surface area contributed by atoms with Gasteiger partial charge in [0.25, 0.3) is 0 Å². The molecule has 0 bridgehead atoms. The summed E-state index contributed by atoms with van der Waals surface area (Å²) in [6.07, 6.45) is 0. The van der Waals surface area contributed by atoms with Crippen LogP contribution in [0.5, 0.6) is 0 Å². The van der Waals surface area contributed by atoms with E-state index in [0.717, 1.165) is 0 Å². The van der Waals surface area contributed by atoms with Crippen molar-refractivity contribution >= 4 is 12.4 Å². The average Bonchev–Trinajstić information content (AvgIpc) is 2.68. The molecule has 19 heavy (non-hydrogen) atoms. The lowest BCUT2D eigenvalue weighted by atomic mass is 9.61. The molecule has 96 valence electrons. The second-order valence-corrected chi connectivity index (χ2v) is 5.82. The molecule has 0 amide bonds. The Morgan fingerprint density at radius 1 is 0.947 bits per heavy atom. The first-order chi connectivity index (χ1) is 9.07. The van der Waals surface area contributed by atoms with Crippen molar-refractivity contribution in [2.45, 2.75) is 26.1 Å². The normalized spacial score (nSPS) is 14.9. The third-order valence-electron chi connectivity index (χ3n) is 4.43. The zero-order valence-corrected chi connectivity index (χ0v) is 12.0. The molecular formula is C17H19BO. The highest BCUT2D eigenvalue weighted by molar-refractivity contribution is 6.67. The van der Waals surface area contributed by atoms with Gasteiger partial charge in [-0.1, -0.05) is 63.1 Å². The van der Waals surface area contributed by atoms with E-state index in [-0.39, 0.29) is 12.3 Å². The summed E-state index contributed by atoms with van der Waals surface area (Å²) in [5, 5.41) is 0. The van der Waals surface area contributed by atoms with Crippen LogP contribution in [0.15, 0.2) is 42.5 Å². The SMILES string of the molecule is COB(C)c1cccc2c1-c1ccccc1C2(C)C. The van der Waals surface area contributed by atoms with Crippen LogP contribution < -0.4 is 5.46 Å². The third kappa shape index (κ3) is 1.67. The van der Waals surface area contributed by atoms with E-state index in [1.807, 2.05) is 0 Å². The topological polar surface area (TPSA) is 9.23 Å². The molecule has 0 atom stereocenters. The maximum atomic E-state index is 5.54. The van der Waals surface area contributed by atoms with Gasteiger partial charge in [-0.05, 0) is 27.7 Å². The van der Waals surface area contributed by atoms with E-state index in [1.54, 1.807) is 7.11 Å². The van der Waals surface area contributed by atoms with Crippen molar-refractivity contribution in [3.8, 4) is 11.1 Å². The van der Waals surface area contributed by atoms with Gasteiger partial charge in [0.05, 0.1) is 0 Å². The van der Waals surface area contributed by atoms with Crippen LogP contribution in [-0.4, -0.2) is 14.0 Å². The van der Waals surface area contributed by atoms with Crippen LogP contribution in [0.25, 0.3) is 11.1 Å². The fourth-order valence-electron chi connectivity index (χ4n) is 3.25. The molecule has 1 aliphatic carbocycles. The van der Waals surface area contributed by atoms with E-state index in [0.29, 0.717) is 0 Å². The minimum Gasteiger partial charge on any atom is -0.434 e. The van der Waals surface area contributed by atoms with E-state index in [1.165, 1.54) is 27.7 Å². The second kappa shape index (κ2) is 4.24. The van der Waals surface area contributed by atoms with Crippen LogP contribution in [0.2, 0.25) is 6.82 Å². The summed E-state index contributed by atoms with van der Waals surface area (Å²) in [4.78, 5) is 0. The summed E-state index contributed by atoms with van der Waals surface area (Å²) in [5.74, 6) is 0. The van der Waals surface area contributed by atoms with Gasteiger partial charge in [-0.3, -0.25) is 0 Å². The monoisotopic (exact) mass is 250 g/mol. The molecule has 3 rings (SSSR count). The van der Waals surface area contributed by atoms with Crippen LogP contribution in [0.4, 0.5) is 0 Å². The van der Waals surface area contributed by atoms with Gasteiger partial charge >= 0.3 is 6.92 Å². The Labute approximate surface area is 115 Å². The van der Waals surface area contributed by atoms with E-state index < -0.39 is 0 Å². The molecule has 0 aliphatic heterocycles. The summed E-state index contributed by atoms with van der Waals surface area (Å²) >= 11 is 0. The summed E-state index contributed by atoms with van der Waals surface area (Å²) in [6, 6.07) is 15.3. The highest BCUT2D eigenvalue weighted by Crippen LogP contribution is 2.47. The molecule has 2 heteroatoms. The Morgan fingerprint density at radius 3 is 2.37 bits per heavy atom. The molecule has 0 aromatic heterocycles. The van der Waals surface area contributed by atoms with E-state index in [9.17, 15) is 0 Å². The quantitative estimate of drug-likeness (QED) is 0.741. The lowest BCUT2D eigenvalue weighted by Gasteiger charge is -2.21. The van der Waals surface area contributed by atoms with E-state index in [4.69, 9.17) is 4.65 Å². The van der Waals surface area contributed by atoms with Gasteiger partial charge in [0.1, 0.15) is 0 Å². The number of benzene rings is 2. The second-order valence-electron chi connectivity index (χ2n) is 5.82. The highest BCUT2D eigenvalue weighted by atomic mass is 16.4. The number of rotatable bonds is 2. The number of hydrogen-bond acceptors (Lipinski definition) is 1. The Bertz CT molecular complexity index is 631. The molecule has 0 spiro atoms. The molecular weight excluding hydrogens is 231 g/mol. The number of fused-ring (bicyclic) bond motifs is 3. The Hall–Kier alpha value is -1.54. The summed E-state index contributed by atoms with van der Waals surface area (Å²) in [6.45, 7) is 6.85. The van der Waals surface area contributed by atoms with Crippen LogP contribution in [-0.2, 0) is 10.1 Å². The minimum atomic E-state index is 0.0788. The molecule has 0 unspecified atom stereocenters. The fraction of sp³-hybridized carbons (Fsp3) is 0.294. The molecule has 0 heterocycles.